The predicted molar refractivity (Wildman–Crippen MR) is 472 cm³/mol. The average molecular weight is 1950 g/mol. The Morgan fingerprint density at radius 2 is 1.06 bits per heavy atom. The van der Waals surface area contributed by atoms with Gasteiger partial charge in [0.15, 0.2) is 11.5 Å². The summed E-state index contributed by atoms with van der Waals surface area (Å²) in [5.74, 6) is 0.509. The second kappa shape index (κ2) is 42.2. The van der Waals surface area contributed by atoms with Crippen molar-refractivity contribution >= 4 is 122 Å². The van der Waals surface area contributed by atoms with Gasteiger partial charge in [-0.1, -0.05) is 30.3 Å². The highest BCUT2D eigenvalue weighted by atomic mass is 35.5. The largest absolute Gasteiger partial charge is 0.466 e. The molecule has 1 aromatic carbocycles. The minimum Gasteiger partial charge on any atom is -0.466 e. The molecular formula is C82H97ClN16O26S6. The van der Waals surface area contributed by atoms with Gasteiger partial charge in [-0.25, -0.2) is 60.4 Å². The Morgan fingerprint density at radius 1 is 0.557 bits per heavy atom. The molecule has 0 amide bonds. The summed E-state index contributed by atoms with van der Waals surface area (Å²) < 4.78 is 130. The second-order valence-electron chi connectivity index (χ2n) is 32.9. The summed E-state index contributed by atoms with van der Waals surface area (Å²) in [4.78, 5) is 86.7. The molecular weight excluding hydrogens is 1850 g/mol. The second-order valence-corrected chi connectivity index (χ2v) is 40.1. The van der Waals surface area contributed by atoms with E-state index in [2.05, 4.69) is 77.9 Å². The van der Waals surface area contributed by atoms with Gasteiger partial charge in [0.05, 0.1) is 106 Å². The molecule has 5 aliphatic carbocycles. The highest BCUT2D eigenvalue weighted by Crippen LogP contribution is 2.54. The first kappa shape index (κ1) is 98.6. The van der Waals surface area contributed by atoms with Crippen LogP contribution in [0.3, 0.4) is 0 Å². The van der Waals surface area contributed by atoms with Crippen molar-refractivity contribution in [1.82, 2.24) is 39.9 Å². The van der Waals surface area contributed by atoms with E-state index in [4.69, 9.17) is 50.1 Å². The van der Waals surface area contributed by atoms with E-state index in [9.17, 15) is 83.5 Å². The number of hydrogen-bond acceptors (Lipinski definition) is 40. The molecule has 16 rings (SSSR count). The molecule has 2 unspecified atom stereocenters. The number of anilines is 4. The van der Waals surface area contributed by atoms with E-state index in [1.54, 1.807) is 44.4 Å². The number of nitrogens with one attached hydrogen (secondary N) is 4. The Bertz CT molecular complexity index is 6170. The van der Waals surface area contributed by atoms with Gasteiger partial charge in [-0.2, -0.15) is 33.7 Å². The lowest BCUT2D eigenvalue weighted by atomic mass is 9.87. The number of carbonyl (C=O) groups excluding carboxylic acids is 4. The van der Waals surface area contributed by atoms with Crippen LogP contribution < -0.4 is 41.8 Å². The quantitative estimate of drug-likeness (QED) is 0.0171. The molecule has 14 atom stereocenters. The minimum atomic E-state index is -4.21. The van der Waals surface area contributed by atoms with Crippen LogP contribution in [0, 0.1) is 36.5 Å². The van der Waals surface area contributed by atoms with Gasteiger partial charge < -0.3 is 69.9 Å². The van der Waals surface area contributed by atoms with E-state index in [0.717, 1.165) is 53.9 Å². The van der Waals surface area contributed by atoms with E-state index in [1.807, 2.05) is 60.8 Å². The third kappa shape index (κ3) is 26.6. The number of aromatic nitrogens is 8. The van der Waals surface area contributed by atoms with Crippen LogP contribution in [0.2, 0.25) is 5.28 Å². The molecule has 0 radical (unpaired) electrons. The van der Waals surface area contributed by atoms with E-state index < -0.39 is 119 Å². The number of aliphatic hydroxyl groups is 6. The third-order valence-electron chi connectivity index (χ3n) is 22.8. The lowest BCUT2D eigenvalue weighted by molar-refractivity contribution is -0.0197. The molecule has 49 heteroatoms. The summed E-state index contributed by atoms with van der Waals surface area (Å²) in [6, 6.07) is 21.7. The Morgan fingerprint density at radius 3 is 1.54 bits per heavy atom. The van der Waals surface area contributed by atoms with Gasteiger partial charge in [-0.05, 0) is 168 Å². The zero-order valence-corrected chi connectivity index (χ0v) is 76.0. The lowest BCUT2D eigenvalue weighted by Gasteiger charge is -2.27. The van der Waals surface area contributed by atoms with E-state index >= 15 is 0 Å². The maximum absolute atomic E-state index is 13.3. The molecule has 5 saturated carbocycles. The number of halogens is 1. The molecule has 10 heterocycles. The van der Waals surface area contributed by atoms with Crippen molar-refractivity contribution in [1.29, 1.82) is 0 Å². The average Bonchev–Trinajstić information content (AvgIpc) is 1.59. The van der Waals surface area contributed by atoms with E-state index in [0.29, 0.717) is 101 Å². The fourth-order valence-corrected chi connectivity index (χ4v) is 19.6. The fraction of sp³-hybridized carbons (Fsp3) is 0.439. The molecule has 6 aliphatic rings. The first-order valence-corrected chi connectivity index (χ1v) is 49.0. The Labute approximate surface area is 765 Å². The molecule has 704 valence electrons. The van der Waals surface area contributed by atoms with Gasteiger partial charge in [0.25, 0.3) is 0 Å². The van der Waals surface area contributed by atoms with Crippen molar-refractivity contribution in [2.45, 2.75) is 164 Å². The maximum atomic E-state index is 13.3. The SMILES string of the molecule is CC(C)(O)c1ccc(C(=O)c2cncnc2N[C@@H]2C[C@H](COS(N)(=O)=O)[C@@H](O)C2)s1.Cc1ccc(Cc2csc(C(=O)c3cncnc3NC3C[C@H](COS(N)(=O)=O)[C@@H](O)C3)c2)o1.NS(=O)(=O)OC[C@H]1C[C@@H](Nc2nc(Cl)ncc2C(=O)c2ccc(-c3ccccc3)o2)[C@H](O)[C@@H]1O.NS(=O)(=O)OC[C@H]1C[C@@H](Nc2ncncc2C(=O)c2cc(C3(C4CC4)CCCO3)co2)C[C@@H]1O. The summed E-state index contributed by atoms with van der Waals surface area (Å²) in [5, 5.41) is 95.2. The highest BCUT2D eigenvalue weighted by Gasteiger charge is 2.51. The summed E-state index contributed by atoms with van der Waals surface area (Å²) in [6.07, 6.45) is 13.3. The number of carbonyl (C=O) groups is 4. The number of furan rings is 3. The summed E-state index contributed by atoms with van der Waals surface area (Å²) in [5.41, 5.74) is 2.12. The molecule has 1 saturated heterocycles. The number of ketones is 4. The van der Waals surface area contributed by atoms with Crippen molar-refractivity contribution in [3.8, 4) is 11.3 Å². The summed E-state index contributed by atoms with van der Waals surface area (Å²) in [6.45, 7) is 4.83. The highest BCUT2D eigenvalue weighted by molar-refractivity contribution is 7.85. The van der Waals surface area contributed by atoms with Crippen molar-refractivity contribution in [3.05, 3.63) is 211 Å². The predicted octanol–water partition coefficient (Wildman–Crippen LogP) is 5.65. The van der Waals surface area contributed by atoms with Crippen LogP contribution in [0.15, 0.2) is 148 Å². The van der Waals surface area contributed by atoms with Crippen LogP contribution in [-0.4, -0.2) is 215 Å². The maximum Gasteiger partial charge on any atom is 0.333 e. The number of benzene rings is 1. The Hall–Kier alpha value is -9.85. The number of thiophene rings is 2. The van der Waals surface area contributed by atoms with Crippen molar-refractivity contribution < 1.29 is 118 Å². The van der Waals surface area contributed by atoms with Crippen molar-refractivity contribution in [2.24, 2.45) is 50.1 Å². The molecule has 6 fully saturated rings. The van der Waals surface area contributed by atoms with E-state index in [-0.39, 0.29) is 107 Å². The van der Waals surface area contributed by atoms with Crippen LogP contribution >= 0.6 is 34.3 Å². The zero-order valence-electron chi connectivity index (χ0n) is 70.4. The number of hydrogen-bond donors (Lipinski definition) is 14. The number of nitrogens with two attached hydrogens (primary N) is 4. The normalized spacial score (nSPS) is 23.8. The van der Waals surface area contributed by atoms with Crippen LogP contribution in [0.5, 0.6) is 0 Å². The molecule has 42 nitrogen and oxygen atoms in total. The topological polar surface area (TPSA) is 667 Å². The molecule has 1 aliphatic heterocycles. The zero-order chi connectivity index (χ0) is 94.1. The number of rotatable bonds is 34. The molecule has 0 bridgehead atoms. The summed E-state index contributed by atoms with van der Waals surface area (Å²) in [7, 11) is -16.5. The van der Waals surface area contributed by atoms with Crippen molar-refractivity contribution in [3.63, 3.8) is 0 Å². The van der Waals surface area contributed by atoms with Gasteiger partial charge in [0.1, 0.15) is 65.6 Å². The first-order chi connectivity index (χ1) is 62.0. The standard InChI is InChI=1S/C22H28N4O7S.C21H21ClN4O7S.C21H24N4O6S2.C18H24N4O6S2/c23-34(29,30)33-10-13-6-16(8-18(13)27)26-21-17(9-24-12-25-21)20(28)19-7-15(11-31-19)22(14-2-3-14)4-1-5-32-22;22-21-24-9-13(18(28)16-7-6-15(33-16)11-4-2-1-3-5-11)20(26-21)25-14-8-12(17(27)19(14)29)10-32-34(23,30)31;1-12-2-3-16(31-12)4-13-5-19(32-10-13)20(27)17-8-23-11-24-21(17)25-15-6-14(18(26)7-15)9-30-33(22,28)29;1-18(2,25)15-4-3-14(29-15)16(24)12-7-20-9-21-17(12)22-11-5-10(13(23)6-11)8-28-30(19,26)27/h7,9,11-14,16,18,27H,1-6,8,10H2,(H2,23,29,30)(H,24,25,26);1-7,9,12,14,17,19,27,29H,8,10H2,(H2,23,30,31)(H,24,25,26);2-3,5,8,10-11,14-15,18,26H,4,6-7,9H2,1H3,(H2,22,28,29)(H,23,24,25);3-4,7,9-11,13,23,25H,5-6,8H2,1-2H3,(H2,19,26,27)(H,20,21,22)/t13-,16-,18+,22?;12-,14-,17-,19+;14-,15?,18+;10-,11-,13+/m1111/s1. The molecule has 0 spiro atoms. The third-order valence-corrected chi connectivity index (χ3v) is 27.2. The van der Waals surface area contributed by atoms with Crippen LogP contribution in [0.25, 0.3) is 11.3 Å². The van der Waals surface area contributed by atoms with E-state index in [1.165, 1.54) is 72.5 Å². The van der Waals surface area contributed by atoms with Gasteiger partial charge in [0.2, 0.25) is 28.4 Å². The summed E-state index contributed by atoms with van der Waals surface area (Å²) >= 11 is 8.46. The van der Waals surface area contributed by atoms with Crippen LogP contribution in [0.4, 0.5) is 23.3 Å². The van der Waals surface area contributed by atoms with Gasteiger partial charge in [0, 0.05) is 95.6 Å². The lowest BCUT2D eigenvalue weighted by Crippen LogP contribution is -2.36. The van der Waals surface area contributed by atoms with Gasteiger partial charge in [-0.15, -0.1) is 22.7 Å². The molecule has 18 N–H and O–H groups in total. The molecule has 9 aromatic heterocycles. The number of aryl methyl sites for hydroxylation is 1. The van der Waals surface area contributed by atoms with Gasteiger partial charge in [-0.3, -0.25) is 35.9 Å². The number of aliphatic hydroxyl groups excluding tert-OH is 5. The minimum absolute atomic E-state index is 0.0203. The molecule has 10 aromatic rings. The van der Waals surface area contributed by atoms with Gasteiger partial charge >= 0.3 is 41.2 Å². The number of nitrogens with zero attached hydrogens (tertiary/aromatic N) is 8. The Balaban J connectivity index is 0.000000149. The van der Waals surface area contributed by atoms with Crippen molar-refractivity contribution in [2.75, 3.05) is 54.3 Å². The number of ether oxygens (including phenoxy) is 1. The molecule has 131 heavy (non-hydrogen) atoms. The van der Waals surface area contributed by atoms with Crippen LogP contribution in [0.1, 0.15) is 175 Å². The van der Waals surface area contributed by atoms with Crippen LogP contribution in [-0.2, 0) is 80.3 Å². The fourth-order valence-electron chi connectivity index (χ4n) is 16.2. The first-order valence-electron chi connectivity index (χ1n) is 41.1. The smallest absolute Gasteiger partial charge is 0.333 e. The Kier molecular flexibility index (Phi) is 31.7. The monoisotopic (exact) mass is 1950 g/mol.